The van der Waals surface area contributed by atoms with Gasteiger partial charge in [-0.05, 0) is 55.3 Å². The van der Waals surface area contributed by atoms with Crippen LogP contribution in [0.5, 0.6) is 0 Å². The van der Waals surface area contributed by atoms with E-state index in [-0.39, 0.29) is 28.9 Å². The molecule has 0 bridgehead atoms. The summed E-state index contributed by atoms with van der Waals surface area (Å²) in [5, 5.41) is 0.348. The Morgan fingerprint density at radius 2 is 1.85 bits per heavy atom. The van der Waals surface area contributed by atoms with E-state index in [2.05, 4.69) is 4.98 Å². The zero-order chi connectivity index (χ0) is 24.5. The summed E-state index contributed by atoms with van der Waals surface area (Å²) in [4.78, 5) is 19.2. The quantitative estimate of drug-likeness (QED) is 0.415. The fraction of sp³-hybridized carbons (Fsp3) is 0.364. The van der Waals surface area contributed by atoms with E-state index in [0.717, 1.165) is 42.6 Å². The number of hydrogen-bond donors (Lipinski definition) is 0. The SMILES string of the molecule is CS(=O)(=O)c1ccc2nc(N(CC3CCCO3)C(=O)CCS(=O)(=O)c3ccc(F)cc3)sc2c1. The largest absolute Gasteiger partial charge is 0.376 e. The zero-order valence-corrected chi connectivity index (χ0v) is 20.8. The van der Waals surface area contributed by atoms with Crippen molar-refractivity contribution in [1.29, 1.82) is 0 Å². The first-order chi connectivity index (χ1) is 16.0. The van der Waals surface area contributed by atoms with Gasteiger partial charge in [0.2, 0.25) is 5.91 Å². The molecule has 1 fully saturated rings. The molecule has 1 aliphatic rings. The van der Waals surface area contributed by atoms with E-state index in [4.69, 9.17) is 4.74 Å². The van der Waals surface area contributed by atoms with E-state index < -0.39 is 37.2 Å². The van der Waals surface area contributed by atoms with Crippen LogP contribution in [-0.2, 0) is 29.2 Å². The molecule has 34 heavy (non-hydrogen) atoms. The van der Waals surface area contributed by atoms with Gasteiger partial charge in [0.05, 0.1) is 38.4 Å². The third-order valence-electron chi connectivity index (χ3n) is 5.48. The highest BCUT2D eigenvalue weighted by Gasteiger charge is 2.28. The first-order valence-electron chi connectivity index (χ1n) is 10.5. The van der Waals surface area contributed by atoms with Crippen molar-refractivity contribution in [3.8, 4) is 0 Å². The van der Waals surface area contributed by atoms with Crippen LogP contribution >= 0.6 is 11.3 Å². The van der Waals surface area contributed by atoms with Crippen molar-refractivity contribution in [2.75, 3.05) is 30.1 Å². The van der Waals surface area contributed by atoms with Gasteiger partial charge < -0.3 is 4.74 Å². The van der Waals surface area contributed by atoms with E-state index in [9.17, 15) is 26.0 Å². The van der Waals surface area contributed by atoms with Crippen molar-refractivity contribution in [2.24, 2.45) is 0 Å². The van der Waals surface area contributed by atoms with E-state index in [0.29, 0.717) is 22.0 Å². The Labute approximate surface area is 201 Å². The standard InChI is InChI=1S/C22H23FN2O6S3/c1-33(27,28)18-8-9-19-20(13-18)32-22(24-19)25(14-16-3-2-11-31-16)21(26)10-12-34(29,30)17-6-4-15(23)5-7-17/h4-9,13,16H,2-3,10-12,14H2,1H3. The van der Waals surface area contributed by atoms with Crippen LogP contribution in [-0.4, -0.2) is 59.0 Å². The predicted molar refractivity (Wildman–Crippen MR) is 127 cm³/mol. The van der Waals surface area contributed by atoms with Crippen LogP contribution in [0.15, 0.2) is 52.3 Å². The van der Waals surface area contributed by atoms with Crippen LogP contribution < -0.4 is 4.90 Å². The Kier molecular flexibility index (Phi) is 7.04. The molecule has 1 aliphatic heterocycles. The van der Waals surface area contributed by atoms with Gasteiger partial charge in [-0.3, -0.25) is 9.69 Å². The molecule has 8 nitrogen and oxygen atoms in total. The summed E-state index contributed by atoms with van der Waals surface area (Å²) in [6.45, 7) is 0.803. The Bertz CT molecular complexity index is 1410. The van der Waals surface area contributed by atoms with Crippen LogP contribution in [0.4, 0.5) is 9.52 Å². The molecule has 1 atom stereocenters. The minimum atomic E-state index is -3.79. The van der Waals surface area contributed by atoms with Crippen molar-refractivity contribution in [2.45, 2.75) is 35.2 Å². The molecule has 1 amide bonds. The van der Waals surface area contributed by atoms with Crippen LogP contribution in [0, 0.1) is 5.82 Å². The number of sulfone groups is 2. The Morgan fingerprint density at radius 1 is 1.15 bits per heavy atom. The summed E-state index contributed by atoms with van der Waals surface area (Å²) in [6, 6.07) is 9.02. The molecule has 0 aliphatic carbocycles. The second kappa shape index (κ2) is 9.68. The summed E-state index contributed by atoms with van der Waals surface area (Å²) in [6.07, 6.45) is 2.25. The molecular formula is C22H23FN2O6S3. The van der Waals surface area contributed by atoms with Gasteiger partial charge in [-0.1, -0.05) is 11.3 Å². The number of nitrogens with zero attached hydrogens (tertiary/aromatic N) is 2. The Morgan fingerprint density at radius 3 is 2.50 bits per heavy atom. The number of anilines is 1. The van der Waals surface area contributed by atoms with Crippen LogP contribution in [0.2, 0.25) is 0 Å². The molecule has 12 heteroatoms. The van der Waals surface area contributed by atoms with Crippen molar-refractivity contribution >= 4 is 52.3 Å². The highest BCUT2D eigenvalue weighted by Crippen LogP contribution is 2.32. The maximum absolute atomic E-state index is 13.2. The van der Waals surface area contributed by atoms with Crippen molar-refractivity contribution in [1.82, 2.24) is 4.98 Å². The van der Waals surface area contributed by atoms with E-state index in [1.807, 2.05) is 0 Å². The molecule has 3 aromatic rings. The van der Waals surface area contributed by atoms with Crippen molar-refractivity contribution < 1.29 is 30.8 Å². The molecule has 2 aromatic carbocycles. The Balaban J connectivity index is 1.59. The van der Waals surface area contributed by atoms with E-state index in [1.165, 1.54) is 29.2 Å². The number of rotatable bonds is 8. The topological polar surface area (TPSA) is 111 Å². The number of carbonyl (C=O) groups excluding carboxylic acids is 1. The molecule has 2 heterocycles. The number of halogens is 1. The minimum Gasteiger partial charge on any atom is -0.376 e. The van der Waals surface area contributed by atoms with Crippen LogP contribution in [0.3, 0.4) is 0 Å². The summed E-state index contributed by atoms with van der Waals surface area (Å²) in [7, 11) is -7.20. The lowest BCUT2D eigenvalue weighted by Crippen LogP contribution is -2.38. The molecule has 0 spiro atoms. The second-order valence-electron chi connectivity index (χ2n) is 8.06. The number of hydrogen-bond acceptors (Lipinski definition) is 8. The second-order valence-corrected chi connectivity index (χ2v) is 13.2. The van der Waals surface area contributed by atoms with Gasteiger partial charge in [-0.2, -0.15) is 0 Å². The fourth-order valence-electron chi connectivity index (χ4n) is 3.63. The van der Waals surface area contributed by atoms with Gasteiger partial charge >= 0.3 is 0 Å². The molecule has 0 N–H and O–H groups in total. The summed E-state index contributed by atoms with van der Waals surface area (Å²) in [5.74, 6) is -1.43. The van der Waals surface area contributed by atoms with Gasteiger partial charge in [0.1, 0.15) is 5.82 Å². The highest BCUT2D eigenvalue weighted by atomic mass is 32.2. The Hall–Kier alpha value is -2.41. The smallest absolute Gasteiger partial charge is 0.229 e. The molecular weight excluding hydrogens is 503 g/mol. The average Bonchev–Trinajstić information content (AvgIpc) is 3.44. The van der Waals surface area contributed by atoms with E-state index >= 15 is 0 Å². The van der Waals surface area contributed by atoms with Gasteiger partial charge in [-0.25, -0.2) is 26.2 Å². The first kappa shape index (κ1) is 24.7. The number of carbonyl (C=O) groups is 1. The monoisotopic (exact) mass is 526 g/mol. The number of thiazole rings is 1. The summed E-state index contributed by atoms with van der Waals surface area (Å²) in [5.41, 5.74) is 0.538. The molecule has 0 radical (unpaired) electrons. The number of aromatic nitrogens is 1. The average molecular weight is 527 g/mol. The molecule has 1 aromatic heterocycles. The number of ether oxygens (including phenoxy) is 1. The molecule has 0 saturated carbocycles. The third-order valence-corrected chi connectivity index (χ3v) is 9.36. The lowest BCUT2D eigenvalue weighted by molar-refractivity contribution is -0.118. The maximum atomic E-state index is 13.2. The summed E-state index contributed by atoms with van der Waals surface area (Å²) >= 11 is 1.16. The van der Waals surface area contributed by atoms with Gasteiger partial charge in [0.15, 0.2) is 24.8 Å². The van der Waals surface area contributed by atoms with Crippen LogP contribution in [0.1, 0.15) is 19.3 Å². The number of amides is 1. The minimum absolute atomic E-state index is 0.0549. The molecule has 1 unspecified atom stereocenters. The zero-order valence-electron chi connectivity index (χ0n) is 18.3. The van der Waals surface area contributed by atoms with Crippen LogP contribution in [0.25, 0.3) is 10.2 Å². The lowest BCUT2D eigenvalue weighted by atomic mass is 10.2. The number of fused-ring (bicyclic) bond motifs is 1. The predicted octanol–water partition coefficient (Wildman–Crippen LogP) is 3.21. The van der Waals surface area contributed by atoms with Crippen molar-refractivity contribution in [3.05, 3.63) is 48.3 Å². The normalized spacial score (nSPS) is 16.7. The molecule has 182 valence electrons. The number of benzene rings is 2. The van der Waals surface area contributed by atoms with Gasteiger partial charge in [0, 0.05) is 19.3 Å². The fourth-order valence-corrected chi connectivity index (χ4v) is 6.62. The summed E-state index contributed by atoms with van der Waals surface area (Å²) < 4.78 is 68.5. The van der Waals surface area contributed by atoms with Crippen molar-refractivity contribution in [3.63, 3.8) is 0 Å². The molecule has 4 rings (SSSR count). The lowest BCUT2D eigenvalue weighted by Gasteiger charge is -2.23. The maximum Gasteiger partial charge on any atom is 0.229 e. The highest BCUT2D eigenvalue weighted by molar-refractivity contribution is 7.91. The van der Waals surface area contributed by atoms with Gasteiger partial charge in [-0.15, -0.1) is 0 Å². The molecule has 1 saturated heterocycles. The van der Waals surface area contributed by atoms with E-state index in [1.54, 1.807) is 6.07 Å². The first-order valence-corrected chi connectivity index (χ1v) is 14.9. The third kappa shape index (κ3) is 5.62. The van der Waals surface area contributed by atoms with Gasteiger partial charge in [0.25, 0.3) is 0 Å².